The molecule has 22 heavy (non-hydrogen) atoms. The van der Waals surface area contributed by atoms with Gasteiger partial charge in [-0.05, 0) is 32.1 Å². The molecule has 0 aromatic heterocycles. The van der Waals surface area contributed by atoms with E-state index in [1.54, 1.807) is 0 Å². The molecule has 2 amide bonds. The standard InChI is InChI=1S/C16H28N2O4/c1-3-10-17(11-4-2)14(19)8-5-9-15(20)18-12-6-7-13(18)16(21)22/h13H,3-12H2,1-2H3,(H,21,22). The lowest BCUT2D eigenvalue weighted by molar-refractivity contribution is -0.148. The summed E-state index contributed by atoms with van der Waals surface area (Å²) in [5.41, 5.74) is 0. The van der Waals surface area contributed by atoms with Crippen LogP contribution in [0.3, 0.4) is 0 Å². The highest BCUT2D eigenvalue weighted by molar-refractivity contribution is 5.84. The number of hydrogen-bond acceptors (Lipinski definition) is 3. The van der Waals surface area contributed by atoms with Crippen molar-refractivity contribution in [3.05, 3.63) is 0 Å². The molecule has 0 spiro atoms. The molecule has 1 rings (SSSR count). The molecule has 126 valence electrons. The van der Waals surface area contributed by atoms with Crippen LogP contribution in [-0.2, 0) is 14.4 Å². The summed E-state index contributed by atoms with van der Waals surface area (Å²) in [5, 5.41) is 9.08. The molecule has 1 unspecified atom stereocenters. The first-order valence-corrected chi connectivity index (χ1v) is 8.31. The Hall–Kier alpha value is -1.59. The largest absolute Gasteiger partial charge is 0.480 e. The third-order valence-electron chi connectivity index (χ3n) is 3.98. The number of carboxylic acids is 1. The Morgan fingerprint density at radius 3 is 2.32 bits per heavy atom. The van der Waals surface area contributed by atoms with Gasteiger partial charge in [0.25, 0.3) is 0 Å². The number of likely N-dealkylation sites (tertiary alicyclic amines) is 1. The number of rotatable bonds is 9. The molecule has 6 heteroatoms. The molecular weight excluding hydrogens is 284 g/mol. The quantitative estimate of drug-likeness (QED) is 0.705. The van der Waals surface area contributed by atoms with Crippen molar-refractivity contribution < 1.29 is 19.5 Å². The Balaban J connectivity index is 2.37. The van der Waals surface area contributed by atoms with Gasteiger partial charge in [0, 0.05) is 32.5 Å². The number of hydrogen-bond donors (Lipinski definition) is 1. The first-order chi connectivity index (χ1) is 10.5. The van der Waals surface area contributed by atoms with Gasteiger partial charge in [0.15, 0.2) is 0 Å². The van der Waals surface area contributed by atoms with Crippen LogP contribution in [0, 0.1) is 0 Å². The van der Waals surface area contributed by atoms with E-state index in [1.165, 1.54) is 4.90 Å². The monoisotopic (exact) mass is 312 g/mol. The van der Waals surface area contributed by atoms with E-state index < -0.39 is 12.0 Å². The van der Waals surface area contributed by atoms with E-state index in [2.05, 4.69) is 0 Å². The second kappa shape index (κ2) is 9.43. The van der Waals surface area contributed by atoms with Crippen LogP contribution in [0.25, 0.3) is 0 Å². The van der Waals surface area contributed by atoms with E-state index in [0.29, 0.717) is 25.8 Å². The molecule has 1 aliphatic heterocycles. The minimum atomic E-state index is -0.931. The number of carboxylic acid groups (broad SMARTS) is 1. The van der Waals surface area contributed by atoms with Gasteiger partial charge in [0.1, 0.15) is 6.04 Å². The number of carbonyl (C=O) groups is 3. The van der Waals surface area contributed by atoms with Crippen molar-refractivity contribution in [2.45, 2.75) is 64.8 Å². The summed E-state index contributed by atoms with van der Waals surface area (Å²) in [6.07, 6.45) is 4.23. The molecule has 6 nitrogen and oxygen atoms in total. The van der Waals surface area contributed by atoms with Gasteiger partial charge in [0.2, 0.25) is 11.8 Å². The van der Waals surface area contributed by atoms with Crippen molar-refractivity contribution in [1.29, 1.82) is 0 Å². The maximum Gasteiger partial charge on any atom is 0.326 e. The Bertz CT molecular complexity index is 392. The molecule has 1 fully saturated rings. The zero-order chi connectivity index (χ0) is 16.5. The van der Waals surface area contributed by atoms with Crippen molar-refractivity contribution >= 4 is 17.8 Å². The van der Waals surface area contributed by atoms with Gasteiger partial charge >= 0.3 is 5.97 Å². The van der Waals surface area contributed by atoms with Gasteiger partial charge < -0.3 is 14.9 Å². The van der Waals surface area contributed by atoms with Crippen LogP contribution in [0.2, 0.25) is 0 Å². The smallest absolute Gasteiger partial charge is 0.326 e. The van der Waals surface area contributed by atoms with Gasteiger partial charge in [0.05, 0.1) is 0 Å². The van der Waals surface area contributed by atoms with Crippen LogP contribution in [0.15, 0.2) is 0 Å². The molecule has 1 aliphatic rings. The van der Waals surface area contributed by atoms with Crippen LogP contribution in [0.5, 0.6) is 0 Å². The van der Waals surface area contributed by atoms with Crippen molar-refractivity contribution in [3.8, 4) is 0 Å². The Labute approximate surface area is 132 Å². The predicted molar refractivity (Wildman–Crippen MR) is 83.4 cm³/mol. The average molecular weight is 312 g/mol. The lowest BCUT2D eigenvalue weighted by atomic mass is 10.1. The molecular formula is C16H28N2O4. The van der Waals surface area contributed by atoms with Gasteiger partial charge in [-0.3, -0.25) is 9.59 Å². The molecule has 0 radical (unpaired) electrons. The summed E-state index contributed by atoms with van der Waals surface area (Å²) in [4.78, 5) is 38.6. The summed E-state index contributed by atoms with van der Waals surface area (Å²) in [5.74, 6) is -0.984. The Morgan fingerprint density at radius 2 is 1.77 bits per heavy atom. The van der Waals surface area contributed by atoms with Crippen LogP contribution in [0.1, 0.15) is 58.8 Å². The van der Waals surface area contributed by atoms with Gasteiger partial charge in [-0.2, -0.15) is 0 Å². The van der Waals surface area contributed by atoms with Crippen molar-refractivity contribution in [3.63, 3.8) is 0 Å². The molecule has 0 aromatic rings. The summed E-state index contributed by atoms with van der Waals surface area (Å²) in [6, 6.07) is -0.681. The highest BCUT2D eigenvalue weighted by Gasteiger charge is 2.33. The second-order valence-electron chi connectivity index (χ2n) is 5.82. The van der Waals surface area contributed by atoms with Gasteiger partial charge in [-0.25, -0.2) is 4.79 Å². The highest BCUT2D eigenvalue weighted by Crippen LogP contribution is 2.19. The fourth-order valence-electron chi connectivity index (χ4n) is 2.92. The number of aliphatic carboxylic acids is 1. The molecule has 0 aromatic carbocycles. The van der Waals surface area contributed by atoms with Crippen LogP contribution in [-0.4, -0.2) is 58.4 Å². The maximum absolute atomic E-state index is 12.1. The summed E-state index contributed by atoms with van der Waals surface area (Å²) in [6.45, 7) is 6.11. The topological polar surface area (TPSA) is 77.9 Å². The lowest BCUT2D eigenvalue weighted by Crippen LogP contribution is -2.40. The van der Waals surface area contributed by atoms with Crippen LogP contribution in [0.4, 0.5) is 0 Å². The van der Waals surface area contributed by atoms with E-state index >= 15 is 0 Å². The minimum absolute atomic E-state index is 0.0905. The third-order valence-corrected chi connectivity index (χ3v) is 3.98. The van der Waals surface area contributed by atoms with E-state index in [0.717, 1.165) is 32.4 Å². The molecule has 1 N–H and O–H groups in total. The molecule has 0 saturated carbocycles. The Morgan fingerprint density at radius 1 is 1.14 bits per heavy atom. The zero-order valence-corrected chi connectivity index (χ0v) is 13.7. The summed E-state index contributed by atoms with van der Waals surface area (Å²) in [7, 11) is 0. The van der Waals surface area contributed by atoms with Crippen molar-refractivity contribution in [1.82, 2.24) is 9.80 Å². The first-order valence-electron chi connectivity index (χ1n) is 8.31. The van der Waals surface area contributed by atoms with Crippen molar-refractivity contribution in [2.75, 3.05) is 19.6 Å². The summed E-state index contributed by atoms with van der Waals surface area (Å²) >= 11 is 0. The predicted octanol–water partition coefficient (Wildman–Crippen LogP) is 1.88. The van der Waals surface area contributed by atoms with E-state index in [9.17, 15) is 14.4 Å². The van der Waals surface area contributed by atoms with E-state index in [-0.39, 0.29) is 18.2 Å². The first kappa shape index (κ1) is 18.5. The van der Waals surface area contributed by atoms with Gasteiger partial charge in [-0.1, -0.05) is 13.8 Å². The highest BCUT2D eigenvalue weighted by atomic mass is 16.4. The lowest BCUT2D eigenvalue weighted by Gasteiger charge is -2.23. The van der Waals surface area contributed by atoms with E-state index in [4.69, 9.17) is 5.11 Å². The fourth-order valence-corrected chi connectivity index (χ4v) is 2.92. The fraction of sp³-hybridized carbons (Fsp3) is 0.812. The van der Waals surface area contributed by atoms with Crippen molar-refractivity contribution in [2.24, 2.45) is 0 Å². The van der Waals surface area contributed by atoms with Gasteiger partial charge in [-0.15, -0.1) is 0 Å². The molecule has 0 aliphatic carbocycles. The minimum Gasteiger partial charge on any atom is -0.480 e. The zero-order valence-electron chi connectivity index (χ0n) is 13.7. The maximum atomic E-state index is 12.1. The molecule has 1 atom stereocenters. The Kier molecular flexibility index (Phi) is 7.91. The van der Waals surface area contributed by atoms with Crippen LogP contribution >= 0.6 is 0 Å². The molecule has 0 bridgehead atoms. The number of nitrogens with zero attached hydrogens (tertiary/aromatic N) is 2. The normalized spacial score (nSPS) is 17.5. The summed E-state index contributed by atoms with van der Waals surface area (Å²) < 4.78 is 0. The average Bonchev–Trinajstić information content (AvgIpc) is 2.96. The third kappa shape index (κ3) is 5.31. The SMILES string of the molecule is CCCN(CCC)C(=O)CCCC(=O)N1CCCC1C(=O)O. The van der Waals surface area contributed by atoms with Crippen LogP contribution < -0.4 is 0 Å². The number of amides is 2. The number of carbonyl (C=O) groups excluding carboxylic acids is 2. The van der Waals surface area contributed by atoms with E-state index in [1.807, 2.05) is 18.7 Å². The second-order valence-corrected chi connectivity index (χ2v) is 5.82. The molecule has 1 saturated heterocycles. The molecule has 1 heterocycles.